The molecule has 88 valence electrons. The summed E-state index contributed by atoms with van der Waals surface area (Å²) in [6.07, 6.45) is -0.355. The summed E-state index contributed by atoms with van der Waals surface area (Å²) in [6.45, 7) is 1.57. The molecular weight excluding hydrogens is 214 g/mol. The Bertz CT molecular complexity index is 402. The molecule has 0 unspecified atom stereocenters. The number of aliphatic hydroxyl groups is 1. The van der Waals surface area contributed by atoms with Crippen LogP contribution in [0.1, 0.15) is 12.5 Å². The topological polar surface area (TPSA) is 92.8 Å². The van der Waals surface area contributed by atoms with Gasteiger partial charge in [0.2, 0.25) is 5.75 Å². The molecule has 6 heteroatoms. The molecule has 0 aromatic heterocycles. The number of hydrogen-bond acceptors (Lipinski definition) is 5. The van der Waals surface area contributed by atoms with Crippen molar-refractivity contribution in [2.24, 2.45) is 0 Å². The Balaban J connectivity index is 3.23. The molecule has 0 bridgehead atoms. The maximum absolute atomic E-state index is 10.7. The lowest BCUT2D eigenvalue weighted by atomic mass is 10.1. The number of aromatic hydroxyl groups is 1. The predicted molar refractivity (Wildman–Crippen MR) is 56.7 cm³/mol. The van der Waals surface area contributed by atoms with E-state index in [4.69, 9.17) is 4.74 Å². The lowest BCUT2D eigenvalue weighted by Gasteiger charge is -2.08. The van der Waals surface area contributed by atoms with Crippen molar-refractivity contribution >= 4 is 5.69 Å². The molecule has 1 aromatic rings. The third-order valence-corrected chi connectivity index (χ3v) is 2.06. The molecule has 0 spiro atoms. The molecule has 0 radical (unpaired) electrons. The first kappa shape index (κ1) is 12.3. The summed E-state index contributed by atoms with van der Waals surface area (Å²) in [7, 11) is 1.31. The highest BCUT2D eigenvalue weighted by Gasteiger charge is 2.20. The molecule has 0 amide bonds. The Labute approximate surface area is 92.2 Å². The van der Waals surface area contributed by atoms with Gasteiger partial charge in [-0.1, -0.05) is 0 Å². The summed E-state index contributed by atoms with van der Waals surface area (Å²) in [4.78, 5) is 9.96. The number of benzene rings is 1. The molecule has 0 aliphatic heterocycles. The van der Waals surface area contributed by atoms with Gasteiger partial charge in [0, 0.05) is 6.07 Å². The van der Waals surface area contributed by atoms with E-state index >= 15 is 0 Å². The number of methoxy groups -OCH3 is 1. The van der Waals surface area contributed by atoms with Crippen LogP contribution >= 0.6 is 0 Å². The van der Waals surface area contributed by atoms with Crippen molar-refractivity contribution in [2.75, 3.05) is 7.11 Å². The zero-order valence-corrected chi connectivity index (χ0v) is 9.01. The summed E-state index contributed by atoms with van der Waals surface area (Å²) < 4.78 is 4.82. The number of nitro benzene ring substituents is 1. The third-order valence-electron chi connectivity index (χ3n) is 2.06. The Morgan fingerprint density at radius 2 is 2.19 bits per heavy atom. The van der Waals surface area contributed by atoms with Crippen LogP contribution in [0.3, 0.4) is 0 Å². The average molecular weight is 227 g/mol. The Hall–Kier alpha value is -1.82. The first-order chi connectivity index (χ1) is 7.45. The van der Waals surface area contributed by atoms with Crippen molar-refractivity contribution in [2.45, 2.75) is 19.4 Å². The molecule has 0 heterocycles. The largest absolute Gasteiger partial charge is 0.500 e. The number of phenolic OH excluding ortho intramolecular Hbond substituents is 1. The number of nitrogens with zero attached hydrogens (tertiary/aromatic N) is 1. The van der Waals surface area contributed by atoms with Crippen molar-refractivity contribution in [3.8, 4) is 11.5 Å². The number of phenols is 1. The van der Waals surface area contributed by atoms with Crippen LogP contribution in [0.4, 0.5) is 5.69 Å². The lowest BCUT2D eigenvalue weighted by molar-refractivity contribution is -0.386. The van der Waals surface area contributed by atoms with Crippen LogP contribution in [0, 0.1) is 10.1 Å². The molecule has 0 fully saturated rings. The fraction of sp³-hybridized carbons (Fsp3) is 0.400. The molecule has 16 heavy (non-hydrogen) atoms. The molecule has 0 aliphatic carbocycles. The summed E-state index contributed by atoms with van der Waals surface area (Å²) in [5.74, 6) is -0.466. The molecule has 0 saturated carbocycles. The molecule has 2 N–H and O–H groups in total. The van der Waals surface area contributed by atoms with Crippen molar-refractivity contribution in [3.63, 3.8) is 0 Å². The second kappa shape index (κ2) is 4.80. The molecule has 1 aromatic carbocycles. The van der Waals surface area contributed by atoms with E-state index in [2.05, 4.69) is 0 Å². The van der Waals surface area contributed by atoms with Gasteiger partial charge in [0.25, 0.3) is 0 Å². The van der Waals surface area contributed by atoms with Crippen molar-refractivity contribution in [3.05, 3.63) is 27.8 Å². The Kier molecular flexibility index (Phi) is 3.68. The van der Waals surface area contributed by atoms with Crippen LogP contribution in [-0.4, -0.2) is 28.4 Å². The van der Waals surface area contributed by atoms with E-state index in [-0.39, 0.29) is 12.2 Å². The van der Waals surface area contributed by atoms with Gasteiger partial charge in [0.05, 0.1) is 18.1 Å². The van der Waals surface area contributed by atoms with Crippen LogP contribution in [0.25, 0.3) is 0 Å². The predicted octanol–water partition coefficient (Wildman–Crippen LogP) is 1.23. The fourth-order valence-corrected chi connectivity index (χ4v) is 1.40. The smallest absolute Gasteiger partial charge is 0.314 e. The van der Waals surface area contributed by atoms with Gasteiger partial charge >= 0.3 is 5.69 Å². The van der Waals surface area contributed by atoms with Crippen LogP contribution < -0.4 is 4.74 Å². The highest BCUT2D eigenvalue weighted by atomic mass is 16.6. The van der Waals surface area contributed by atoms with Gasteiger partial charge in [-0.25, -0.2) is 0 Å². The van der Waals surface area contributed by atoms with Crippen LogP contribution in [0.15, 0.2) is 12.1 Å². The second-order valence-corrected chi connectivity index (χ2v) is 3.48. The quantitative estimate of drug-likeness (QED) is 0.596. The zero-order chi connectivity index (χ0) is 12.3. The van der Waals surface area contributed by atoms with Crippen LogP contribution in [-0.2, 0) is 6.42 Å². The molecule has 0 saturated heterocycles. The summed E-state index contributed by atoms with van der Waals surface area (Å²) >= 11 is 0. The number of nitro groups is 1. The van der Waals surface area contributed by atoms with Gasteiger partial charge in [-0.15, -0.1) is 0 Å². The molecular formula is C10H13NO5. The van der Waals surface area contributed by atoms with Crippen molar-refractivity contribution < 1.29 is 19.9 Å². The summed E-state index contributed by atoms with van der Waals surface area (Å²) in [5.41, 5.74) is 0.117. The molecule has 1 rings (SSSR count). The van der Waals surface area contributed by atoms with Crippen LogP contribution in [0.2, 0.25) is 0 Å². The SMILES string of the molecule is COc1cc(C[C@H](C)O)cc([N+](=O)[O-])c1O. The lowest BCUT2D eigenvalue weighted by Crippen LogP contribution is -2.05. The maximum atomic E-state index is 10.7. The Morgan fingerprint density at radius 1 is 1.56 bits per heavy atom. The standard InChI is InChI=1S/C10H13NO5/c1-6(12)3-7-4-8(11(14)15)10(13)9(5-7)16-2/h4-6,12-13H,3H2,1-2H3/t6-/m0/s1. The van der Waals surface area contributed by atoms with E-state index < -0.39 is 22.5 Å². The van der Waals surface area contributed by atoms with E-state index in [1.54, 1.807) is 6.92 Å². The third kappa shape index (κ3) is 2.60. The van der Waals surface area contributed by atoms with Crippen molar-refractivity contribution in [1.82, 2.24) is 0 Å². The van der Waals surface area contributed by atoms with E-state index in [1.165, 1.54) is 19.2 Å². The van der Waals surface area contributed by atoms with Gasteiger partial charge in [-0.3, -0.25) is 10.1 Å². The first-order valence-electron chi connectivity index (χ1n) is 4.68. The zero-order valence-electron chi connectivity index (χ0n) is 9.01. The normalized spacial score (nSPS) is 12.2. The van der Waals surface area contributed by atoms with Crippen molar-refractivity contribution in [1.29, 1.82) is 0 Å². The number of aliphatic hydroxyl groups excluding tert-OH is 1. The Morgan fingerprint density at radius 3 is 2.62 bits per heavy atom. The number of ether oxygens (including phenoxy) is 1. The first-order valence-corrected chi connectivity index (χ1v) is 4.68. The molecule has 0 aliphatic rings. The monoisotopic (exact) mass is 227 g/mol. The van der Waals surface area contributed by atoms with Gasteiger partial charge in [0.1, 0.15) is 0 Å². The number of rotatable bonds is 4. The van der Waals surface area contributed by atoms with E-state index in [0.717, 1.165) is 0 Å². The second-order valence-electron chi connectivity index (χ2n) is 3.48. The highest BCUT2D eigenvalue weighted by Crippen LogP contribution is 2.37. The molecule has 6 nitrogen and oxygen atoms in total. The highest BCUT2D eigenvalue weighted by molar-refractivity contribution is 5.57. The average Bonchev–Trinajstić information content (AvgIpc) is 2.19. The minimum absolute atomic E-state index is 0.0323. The molecule has 1 atom stereocenters. The maximum Gasteiger partial charge on any atom is 0.314 e. The number of hydrogen-bond donors (Lipinski definition) is 2. The van der Waals surface area contributed by atoms with E-state index in [0.29, 0.717) is 5.56 Å². The van der Waals surface area contributed by atoms with Gasteiger partial charge in [0.15, 0.2) is 5.75 Å². The van der Waals surface area contributed by atoms with E-state index in [9.17, 15) is 20.3 Å². The van der Waals surface area contributed by atoms with Gasteiger partial charge in [-0.2, -0.15) is 0 Å². The summed E-state index contributed by atoms with van der Waals surface area (Å²) in [5, 5.41) is 29.3. The van der Waals surface area contributed by atoms with Gasteiger partial charge < -0.3 is 14.9 Å². The van der Waals surface area contributed by atoms with Crippen LogP contribution in [0.5, 0.6) is 11.5 Å². The summed E-state index contributed by atoms with van der Waals surface area (Å²) in [6, 6.07) is 2.69. The van der Waals surface area contributed by atoms with Gasteiger partial charge in [-0.05, 0) is 25.0 Å². The van der Waals surface area contributed by atoms with E-state index in [1.807, 2.05) is 0 Å². The minimum atomic E-state index is -0.691. The fourth-order valence-electron chi connectivity index (χ4n) is 1.40. The minimum Gasteiger partial charge on any atom is -0.500 e.